The van der Waals surface area contributed by atoms with Crippen molar-refractivity contribution in [3.63, 3.8) is 0 Å². The first-order valence-electron chi connectivity index (χ1n) is 12.7. The van der Waals surface area contributed by atoms with Gasteiger partial charge in [0.15, 0.2) is 0 Å². The van der Waals surface area contributed by atoms with E-state index in [0.717, 1.165) is 73.8 Å². The number of pyridine rings is 1. The number of aromatic nitrogens is 3. The van der Waals surface area contributed by atoms with Gasteiger partial charge in [-0.3, -0.25) is 24.2 Å². The number of imide groups is 1. The van der Waals surface area contributed by atoms with Gasteiger partial charge in [0, 0.05) is 57.4 Å². The summed E-state index contributed by atoms with van der Waals surface area (Å²) in [6.45, 7) is 3.73. The van der Waals surface area contributed by atoms with Gasteiger partial charge < -0.3 is 15.5 Å². The highest BCUT2D eigenvalue weighted by Crippen LogP contribution is 2.46. The number of nitrogens with one attached hydrogen (secondary N) is 2. The zero-order valence-corrected chi connectivity index (χ0v) is 20.4. The van der Waals surface area contributed by atoms with Crippen molar-refractivity contribution in [1.29, 1.82) is 0 Å². The van der Waals surface area contributed by atoms with E-state index in [2.05, 4.69) is 25.5 Å². The van der Waals surface area contributed by atoms with Crippen LogP contribution in [0.2, 0.25) is 0 Å². The lowest BCUT2D eigenvalue weighted by Gasteiger charge is -2.40. The summed E-state index contributed by atoms with van der Waals surface area (Å²) in [4.78, 5) is 58.2. The topological polar surface area (TPSA) is 124 Å². The minimum atomic E-state index is -1.39. The Morgan fingerprint density at radius 1 is 1.00 bits per heavy atom. The highest BCUT2D eigenvalue weighted by atomic mass is 16.2. The number of hydrogen-bond acceptors (Lipinski definition) is 9. The van der Waals surface area contributed by atoms with Crippen molar-refractivity contribution in [2.24, 2.45) is 5.41 Å². The molecule has 0 aromatic carbocycles. The predicted molar refractivity (Wildman–Crippen MR) is 133 cm³/mol. The van der Waals surface area contributed by atoms with E-state index in [-0.39, 0.29) is 30.7 Å². The van der Waals surface area contributed by atoms with Crippen LogP contribution in [0, 0.1) is 5.41 Å². The molecular weight excluding hydrogens is 460 g/mol. The molecule has 2 N–H and O–H groups in total. The van der Waals surface area contributed by atoms with Crippen LogP contribution in [0.15, 0.2) is 24.5 Å². The van der Waals surface area contributed by atoms with Crippen LogP contribution in [0.25, 0.3) is 0 Å². The number of carbonyl (C=O) groups is 3. The zero-order chi connectivity index (χ0) is 24.9. The standard InChI is InChI=1S/C25H30N8O3/c1-31-20(34)13-25(22(31)35)12-16-14-28-24(30-21(16)33(23(25)36)18-4-2-3-5-18)29-17-6-7-19(27-15-17)32-10-8-26-9-11-32/h6-7,14-15,18,26H,2-5,8-13H2,1H3,(H,28,29,30)/t25-/m1/s1. The van der Waals surface area contributed by atoms with Crippen molar-refractivity contribution in [2.45, 2.75) is 44.6 Å². The van der Waals surface area contributed by atoms with Crippen LogP contribution in [0.4, 0.5) is 23.3 Å². The number of fused-ring (bicyclic) bond motifs is 1. The lowest BCUT2D eigenvalue weighted by molar-refractivity contribution is -0.144. The highest BCUT2D eigenvalue weighted by Gasteiger charge is 2.60. The average Bonchev–Trinajstić information content (AvgIpc) is 3.50. The molecule has 0 radical (unpaired) electrons. The van der Waals surface area contributed by atoms with E-state index in [4.69, 9.17) is 4.98 Å². The Balaban J connectivity index is 1.30. The van der Waals surface area contributed by atoms with Crippen LogP contribution in [-0.4, -0.2) is 76.8 Å². The molecule has 2 aromatic rings. The molecule has 1 saturated carbocycles. The number of hydrogen-bond donors (Lipinski definition) is 2. The van der Waals surface area contributed by atoms with Crippen LogP contribution in [0.5, 0.6) is 0 Å². The molecule has 4 aliphatic rings. The Morgan fingerprint density at radius 3 is 2.44 bits per heavy atom. The molecule has 11 heteroatoms. The largest absolute Gasteiger partial charge is 0.354 e. The molecule has 3 fully saturated rings. The maximum absolute atomic E-state index is 13.9. The Bertz CT molecular complexity index is 1210. The quantitative estimate of drug-likeness (QED) is 0.481. The van der Waals surface area contributed by atoms with E-state index < -0.39 is 11.3 Å². The van der Waals surface area contributed by atoms with Crippen molar-refractivity contribution in [1.82, 2.24) is 25.2 Å². The second-order valence-electron chi connectivity index (χ2n) is 10.1. The summed E-state index contributed by atoms with van der Waals surface area (Å²) in [6.07, 6.45) is 7.21. The van der Waals surface area contributed by atoms with E-state index in [1.807, 2.05) is 12.1 Å². The molecule has 1 atom stereocenters. The number of anilines is 4. The molecule has 36 heavy (non-hydrogen) atoms. The molecule has 6 rings (SSSR count). The molecule has 1 aliphatic carbocycles. The van der Waals surface area contributed by atoms with E-state index in [1.165, 1.54) is 7.05 Å². The Labute approximate surface area is 209 Å². The third-order valence-electron chi connectivity index (χ3n) is 7.87. The second kappa shape index (κ2) is 8.81. The summed E-state index contributed by atoms with van der Waals surface area (Å²) < 4.78 is 0. The van der Waals surface area contributed by atoms with Crippen molar-refractivity contribution < 1.29 is 14.4 Å². The highest BCUT2D eigenvalue weighted by molar-refractivity contribution is 6.21. The Hall–Kier alpha value is -3.60. The molecule has 2 aromatic heterocycles. The number of piperazine rings is 1. The molecule has 3 amide bonds. The van der Waals surface area contributed by atoms with Crippen LogP contribution in [-0.2, 0) is 20.8 Å². The molecule has 0 unspecified atom stereocenters. The predicted octanol–water partition coefficient (Wildman–Crippen LogP) is 1.23. The molecule has 11 nitrogen and oxygen atoms in total. The lowest BCUT2D eigenvalue weighted by Crippen LogP contribution is -2.56. The monoisotopic (exact) mass is 490 g/mol. The lowest BCUT2D eigenvalue weighted by atomic mass is 9.76. The fraction of sp³-hybridized carbons (Fsp3) is 0.520. The van der Waals surface area contributed by atoms with Crippen molar-refractivity contribution >= 4 is 41.0 Å². The number of amides is 3. The van der Waals surface area contributed by atoms with Gasteiger partial charge in [0.1, 0.15) is 17.1 Å². The summed E-state index contributed by atoms with van der Waals surface area (Å²) in [5.41, 5.74) is 0.0810. The van der Waals surface area contributed by atoms with E-state index in [0.29, 0.717) is 11.8 Å². The van der Waals surface area contributed by atoms with Gasteiger partial charge in [0.05, 0.1) is 18.3 Å². The van der Waals surface area contributed by atoms with Crippen LogP contribution < -0.4 is 20.4 Å². The van der Waals surface area contributed by atoms with E-state index >= 15 is 0 Å². The summed E-state index contributed by atoms with van der Waals surface area (Å²) in [5.74, 6) is 0.773. The molecule has 188 valence electrons. The minimum Gasteiger partial charge on any atom is -0.354 e. The summed E-state index contributed by atoms with van der Waals surface area (Å²) in [5, 5.41) is 6.55. The second-order valence-corrected chi connectivity index (χ2v) is 10.1. The van der Waals surface area contributed by atoms with Gasteiger partial charge in [-0.15, -0.1) is 0 Å². The third kappa shape index (κ3) is 3.69. The molecule has 2 saturated heterocycles. The zero-order valence-electron chi connectivity index (χ0n) is 20.4. The summed E-state index contributed by atoms with van der Waals surface area (Å²) in [6, 6.07) is 3.88. The van der Waals surface area contributed by atoms with Gasteiger partial charge in [0.25, 0.3) is 0 Å². The SMILES string of the molecule is CN1C(=O)C[C@]2(Cc3cnc(Nc4ccc(N5CCNCC5)nc4)nc3N(C3CCCC3)C2=O)C1=O. The number of likely N-dealkylation sites (tertiary alicyclic amines) is 1. The first kappa shape index (κ1) is 22.8. The first-order valence-corrected chi connectivity index (χ1v) is 12.7. The average molecular weight is 491 g/mol. The smallest absolute Gasteiger partial charge is 0.245 e. The summed E-state index contributed by atoms with van der Waals surface area (Å²) in [7, 11) is 1.45. The van der Waals surface area contributed by atoms with E-state index in [9.17, 15) is 14.4 Å². The van der Waals surface area contributed by atoms with Gasteiger partial charge in [0.2, 0.25) is 23.7 Å². The van der Waals surface area contributed by atoms with Gasteiger partial charge in [-0.1, -0.05) is 12.8 Å². The van der Waals surface area contributed by atoms with Crippen molar-refractivity contribution in [3.8, 4) is 0 Å². The Kier molecular flexibility index (Phi) is 5.59. The van der Waals surface area contributed by atoms with Crippen LogP contribution >= 0.6 is 0 Å². The molecular formula is C25H30N8O3. The van der Waals surface area contributed by atoms with Gasteiger partial charge in [-0.05, 0) is 25.0 Å². The number of carbonyl (C=O) groups excluding carboxylic acids is 3. The maximum atomic E-state index is 13.9. The third-order valence-corrected chi connectivity index (χ3v) is 7.87. The first-order chi connectivity index (χ1) is 17.5. The van der Waals surface area contributed by atoms with Crippen LogP contribution in [0.1, 0.15) is 37.7 Å². The summed E-state index contributed by atoms with van der Waals surface area (Å²) >= 11 is 0. The molecule has 0 bridgehead atoms. The van der Waals surface area contributed by atoms with Gasteiger partial charge in [-0.25, -0.2) is 9.97 Å². The van der Waals surface area contributed by atoms with Crippen molar-refractivity contribution in [2.75, 3.05) is 48.3 Å². The maximum Gasteiger partial charge on any atom is 0.245 e. The normalized spacial score (nSPS) is 24.7. The fourth-order valence-electron chi connectivity index (χ4n) is 5.88. The molecule has 5 heterocycles. The molecule has 1 spiro atoms. The molecule has 3 aliphatic heterocycles. The Morgan fingerprint density at radius 2 is 1.78 bits per heavy atom. The van der Waals surface area contributed by atoms with Crippen LogP contribution in [0.3, 0.4) is 0 Å². The van der Waals surface area contributed by atoms with Gasteiger partial charge in [-0.2, -0.15) is 4.98 Å². The fourth-order valence-corrected chi connectivity index (χ4v) is 5.88. The van der Waals surface area contributed by atoms with Gasteiger partial charge >= 0.3 is 0 Å². The van der Waals surface area contributed by atoms with E-state index in [1.54, 1.807) is 17.3 Å². The number of rotatable bonds is 4. The number of nitrogens with zero attached hydrogens (tertiary/aromatic N) is 6. The minimum absolute atomic E-state index is 0.0371. The van der Waals surface area contributed by atoms with Crippen molar-refractivity contribution in [3.05, 3.63) is 30.1 Å².